The number of aryl methyl sites for hydroxylation is 1. The molecule has 0 aliphatic carbocycles. The van der Waals surface area contributed by atoms with Gasteiger partial charge in [-0.15, -0.1) is 0 Å². The van der Waals surface area contributed by atoms with E-state index >= 15 is 0 Å². The Bertz CT molecular complexity index is 441. The molecule has 4 nitrogen and oxygen atoms in total. The Kier molecular flexibility index (Phi) is 5.70. The van der Waals surface area contributed by atoms with Crippen LogP contribution in [0.3, 0.4) is 0 Å². The lowest BCUT2D eigenvalue weighted by Crippen LogP contribution is -2.34. The molecule has 1 aromatic heterocycles. The van der Waals surface area contributed by atoms with E-state index in [1.54, 1.807) is 0 Å². The number of hydrogen-bond acceptors (Lipinski definition) is 5. The van der Waals surface area contributed by atoms with Crippen molar-refractivity contribution in [3.63, 3.8) is 0 Å². The van der Waals surface area contributed by atoms with Gasteiger partial charge in [0.05, 0.1) is 15.3 Å². The van der Waals surface area contributed by atoms with E-state index in [1.165, 1.54) is 5.75 Å². The zero-order chi connectivity index (χ0) is 13.8. The molecule has 0 radical (unpaired) electrons. The molecule has 1 aliphatic heterocycles. The van der Waals surface area contributed by atoms with Crippen LogP contribution in [0.4, 0.5) is 5.82 Å². The number of aromatic nitrogens is 2. The van der Waals surface area contributed by atoms with Crippen molar-refractivity contribution >= 4 is 40.2 Å². The second-order valence-corrected chi connectivity index (χ2v) is 7.06. The van der Waals surface area contributed by atoms with E-state index in [2.05, 4.69) is 53.7 Å². The molecule has 106 valence electrons. The zero-order valence-corrected chi connectivity index (χ0v) is 14.7. The minimum absolute atomic E-state index is 0.344. The van der Waals surface area contributed by atoms with E-state index in [0.29, 0.717) is 6.04 Å². The monoisotopic (exact) mass is 392 g/mol. The van der Waals surface area contributed by atoms with Crippen LogP contribution >= 0.6 is 34.4 Å². The van der Waals surface area contributed by atoms with Gasteiger partial charge in [0.2, 0.25) is 0 Å². The number of hydrogen-bond donors (Lipinski definition) is 1. The van der Waals surface area contributed by atoms with E-state index in [-0.39, 0.29) is 0 Å². The number of halogens is 1. The van der Waals surface area contributed by atoms with E-state index < -0.39 is 0 Å². The van der Waals surface area contributed by atoms with Gasteiger partial charge < -0.3 is 5.32 Å². The summed E-state index contributed by atoms with van der Waals surface area (Å²) in [6.45, 7) is 6.31. The van der Waals surface area contributed by atoms with Gasteiger partial charge in [0.25, 0.3) is 0 Å². The molecular formula is C13H21IN4S. The molecule has 1 N–H and O–H groups in total. The summed E-state index contributed by atoms with van der Waals surface area (Å²) in [4.78, 5) is 11.8. The van der Waals surface area contributed by atoms with E-state index in [4.69, 9.17) is 9.97 Å². The molecule has 19 heavy (non-hydrogen) atoms. The maximum atomic E-state index is 4.76. The molecule has 2 heterocycles. The highest BCUT2D eigenvalue weighted by Gasteiger charge is 2.25. The fourth-order valence-corrected chi connectivity index (χ4v) is 3.69. The molecule has 1 saturated heterocycles. The van der Waals surface area contributed by atoms with Crippen molar-refractivity contribution in [1.29, 1.82) is 0 Å². The van der Waals surface area contributed by atoms with Gasteiger partial charge in [-0.05, 0) is 43.0 Å². The molecule has 6 heteroatoms. The lowest BCUT2D eigenvalue weighted by atomic mass is 10.2. The molecule has 1 aliphatic rings. The molecule has 1 fully saturated rings. The molecule has 1 atom stereocenters. The van der Waals surface area contributed by atoms with Gasteiger partial charge in [-0.2, -0.15) is 11.8 Å². The van der Waals surface area contributed by atoms with Crippen molar-refractivity contribution in [2.45, 2.75) is 26.3 Å². The summed E-state index contributed by atoms with van der Waals surface area (Å²) in [6.07, 6.45) is 1.10. The highest BCUT2D eigenvalue weighted by molar-refractivity contribution is 14.1. The number of anilines is 1. The first-order valence-electron chi connectivity index (χ1n) is 6.69. The summed E-state index contributed by atoms with van der Waals surface area (Å²) in [5, 5.41) is 3.41. The number of thioether (sulfide) groups is 1. The zero-order valence-electron chi connectivity index (χ0n) is 11.7. The van der Waals surface area contributed by atoms with Crippen LogP contribution in [0.1, 0.15) is 30.9 Å². The van der Waals surface area contributed by atoms with Crippen LogP contribution in [0.25, 0.3) is 0 Å². The molecule has 0 spiro atoms. The first-order chi connectivity index (χ1) is 9.13. The van der Waals surface area contributed by atoms with Crippen LogP contribution in [0.2, 0.25) is 0 Å². The summed E-state index contributed by atoms with van der Waals surface area (Å²) >= 11 is 4.32. The third-order valence-electron chi connectivity index (χ3n) is 3.27. The second-order valence-electron chi connectivity index (χ2n) is 4.83. The summed E-state index contributed by atoms with van der Waals surface area (Å²) in [6, 6.07) is 0.344. The molecular weight excluding hydrogens is 371 g/mol. The van der Waals surface area contributed by atoms with Gasteiger partial charge in [-0.1, -0.05) is 6.92 Å². The van der Waals surface area contributed by atoms with E-state index in [0.717, 1.165) is 46.2 Å². The van der Waals surface area contributed by atoms with E-state index in [9.17, 15) is 0 Å². The van der Waals surface area contributed by atoms with Crippen molar-refractivity contribution < 1.29 is 0 Å². The Morgan fingerprint density at radius 2 is 2.26 bits per heavy atom. The highest BCUT2D eigenvalue weighted by atomic mass is 127. The Labute approximate surface area is 133 Å². The van der Waals surface area contributed by atoms with Crippen LogP contribution < -0.4 is 5.32 Å². The molecule has 1 unspecified atom stereocenters. The maximum Gasteiger partial charge on any atom is 0.149 e. The Morgan fingerprint density at radius 1 is 1.47 bits per heavy atom. The van der Waals surface area contributed by atoms with Crippen LogP contribution in [-0.4, -0.2) is 46.5 Å². The van der Waals surface area contributed by atoms with Gasteiger partial charge >= 0.3 is 0 Å². The lowest BCUT2D eigenvalue weighted by molar-refractivity contribution is 0.264. The molecule has 2 rings (SSSR count). The van der Waals surface area contributed by atoms with E-state index in [1.807, 2.05) is 11.8 Å². The lowest BCUT2D eigenvalue weighted by Gasteiger charge is -2.31. The second kappa shape index (κ2) is 7.08. The quantitative estimate of drug-likeness (QED) is 0.799. The van der Waals surface area contributed by atoms with Gasteiger partial charge in [0.1, 0.15) is 11.6 Å². The average Bonchev–Trinajstić information content (AvgIpc) is 2.41. The van der Waals surface area contributed by atoms with Crippen molar-refractivity contribution in [1.82, 2.24) is 14.9 Å². The molecule has 0 aromatic carbocycles. The standard InChI is InChI=1S/C13H21IN4S/c1-4-5-15-13-11(14)9(2)16-12(17-13)10-8-19-7-6-18(10)3/h10H,4-8H2,1-3H3,(H,15,16,17). The predicted molar refractivity (Wildman–Crippen MR) is 91.0 cm³/mol. The fourth-order valence-electron chi connectivity index (χ4n) is 2.05. The van der Waals surface area contributed by atoms with Crippen LogP contribution in [0, 0.1) is 10.5 Å². The number of rotatable bonds is 4. The third-order valence-corrected chi connectivity index (χ3v) is 5.58. The first-order valence-corrected chi connectivity index (χ1v) is 8.92. The first kappa shape index (κ1) is 15.3. The van der Waals surface area contributed by atoms with Gasteiger partial charge in [0, 0.05) is 24.6 Å². The highest BCUT2D eigenvalue weighted by Crippen LogP contribution is 2.28. The molecule has 0 amide bonds. The van der Waals surface area contributed by atoms with Crippen LogP contribution in [-0.2, 0) is 0 Å². The average molecular weight is 392 g/mol. The van der Waals surface area contributed by atoms with Gasteiger partial charge in [0.15, 0.2) is 0 Å². The SMILES string of the molecule is CCCNc1nc(C2CSCCN2C)nc(C)c1I. The van der Waals surface area contributed by atoms with Gasteiger partial charge in [-0.3, -0.25) is 4.90 Å². The Hall–Kier alpha value is -0.0800. The fraction of sp³-hybridized carbons (Fsp3) is 0.692. The van der Waals surface area contributed by atoms with Crippen LogP contribution in [0.15, 0.2) is 0 Å². The van der Waals surface area contributed by atoms with Crippen LogP contribution in [0.5, 0.6) is 0 Å². The van der Waals surface area contributed by atoms with Crippen molar-refractivity contribution in [2.75, 3.05) is 37.0 Å². The summed E-state index contributed by atoms with van der Waals surface area (Å²) in [5.41, 5.74) is 1.08. The summed E-state index contributed by atoms with van der Waals surface area (Å²) < 4.78 is 1.14. The Balaban J connectivity index is 2.27. The minimum Gasteiger partial charge on any atom is -0.369 e. The minimum atomic E-state index is 0.344. The smallest absolute Gasteiger partial charge is 0.149 e. The topological polar surface area (TPSA) is 41.1 Å². The van der Waals surface area contributed by atoms with Crippen molar-refractivity contribution in [2.24, 2.45) is 0 Å². The third kappa shape index (κ3) is 3.72. The number of nitrogens with zero attached hydrogens (tertiary/aromatic N) is 3. The maximum absolute atomic E-state index is 4.76. The largest absolute Gasteiger partial charge is 0.369 e. The molecule has 1 aromatic rings. The summed E-state index contributed by atoms with van der Waals surface area (Å²) in [7, 11) is 2.17. The van der Waals surface area contributed by atoms with Crippen molar-refractivity contribution in [3.05, 3.63) is 15.1 Å². The molecule has 0 saturated carbocycles. The normalized spacial score (nSPS) is 20.5. The van der Waals surface area contributed by atoms with Crippen molar-refractivity contribution in [3.8, 4) is 0 Å². The summed E-state index contributed by atoms with van der Waals surface area (Å²) in [5.74, 6) is 4.25. The number of nitrogens with one attached hydrogen (secondary N) is 1. The predicted octanol–water partition coefficient (Wildman–Crippen LogP) is 2.93. The molecule has 0 bridgehead atoms. The Morgan fingerprint density at radius 3 is 2.95 bits per heavy atom. The van der Waals surface area contributed by atoms with Gasteiger partial charge in [-0.25, -0.2) is 9.97 Å².